The second kappa shape index (κ2) is 6.90. The molecule has 0 unspecified atom stereocenters. The predicted octanol–water partition coefficient (Wildman–Crippen LogP) is 6.60. The van der Waals surface area contributed by atoms with Crippen molar-refractivity contribution >= 4 is 54.5 Å². The molecule has 25 heavy (non-hydrogen) atoms. The smallest absolute Gasteiger partial charge is 0.138 e. The first-order chi connectivity index (χ1) is 12.1. The maximum absolute atomic E-state index is 6.36. The van der Waals surface area contributed by atoms with Crippen LogP contribution in [-0.2, 0) is 5.33 Å². The Morgan fingerprint density at radius 1 is 1.00 bits per heavy atom. The number of imidazole rings is 1. The summed E-state index contributed by atoms with van der Waals surface area (Å²) in [5.41, 5.74) is 5.78. The fourth-order valence-electron chi connectivity index (χ4n) is 2.67. The van der Waals surface area contributed by atoms with Crippen LogP contribution in [0.25, 0.3) is 33.7 Å². The van der Waals surface area contributed by atoms with Crippen LogP contribution >= 0.6 is 43.5 Å². The molecule has 2 aromatic carbocycles. The Labute approximate surface area is 166 Å². The van der Waals surface area contributed by atoms with E-state index in [4.69, 9.17) is 11.6 Å². The van der Waals surface area contributed by atoms with Gasteiger partial charge in [-0.15, -0.1) is 0 Å². The molecule has 0 amide bonds. The van der Waals surface area contributed by atoms with Gasteiger partial charge in [-0.3, -0.25) is 4.98 Å². The van der Waals surface area contributed by atoms with Crippen LogP contribution in [0.5, 0.6) is 0 Å². The van der Waals surface area contributed by atoms with Crippen LogP contribution in [0.4, 0.5) is 0 Å². The van der Waals surface area contributed by atoms with Crippen LogP contribution in [0.3, 0.4) is 0 Å². The quantitative estimate of drug-likeness (QED) is 0.338. The van der Waals surface area contributed by atoms with Crippen LogP contribution in [0.1, 0.15) is 5.56 Å². The Bertz CT molecular complexity index is 1060. The number of nitrogens with one attached hydrogen (secondary N) is 1. The lowest BCUT2D eigenvalue weighted by molar-refractivity contribution is 1.26. The van der Waals surface area contributed by atoms with Crippen molar-refractivity contribution in [1.29, 1.82) is 0 Å². The van der Waals surface area contributed by atoms with Gasteiger partial charge >= 0.3 is 0 Å². The zero-order valence-corrected chi connectivity index (χ0v) is 16.9. The van der Waals surface area contributed by atoms with E-state index >= 15 is 0 Å². The summed E-state index contributed by atoms with van der Waals surface area (Å²) in [6.07, 6.45) is 1.83. The lowest BCUT2D eigenvalue weighted by Gasteiger charge is -2.06. The van der Waals surface area contributed by atoms with Gasteiger partial charge in [-0.2, -0.15) is 0 Å². The standard InChI is InChI=1S/C19H12Br2ClN3/c20-9-11-7-15(22)18(23-10-11)12-1-3-13(4-2-12)19-24-16-6-5-14(21)8-17(16)25-19/h1-8,10H,9H2,(H,24,25). The Morgan fingerprint density at radius 3 is 2.48 bits per heavy atom. The highest BCUT2D eigenvalue weighted by atomic mass is 79.9. The minimum Gasteiger partial charge on any atom is -0.338 e. The highest BCUT2D eigenvalue weighted by molar-refractivity contribution is 9.10. The Morgan fingerprint density at radius 2 is 1.76 bits per heavy atom. The molecule has 0 aliphatic rings. The van der Waals surface area contributed by atoms with Crippen molar-refractivity contribution in [3.8, 4) is 22.6 Å². The molecule has 4 aromatic rings. The molecule has 0 atom stereocenters. The van der Waals surface area contributed by atoms with E-state index in [1.165, 1.54) is 0 Å². The third kappa shape index (κ3) is 3.36. The summed E-state index contributed by atoms with van der Waals surface area (Å²) in [5, 5.41) is 1.39. The molecule has 0 spiro atoms. The molecule has 0 fully saturated rings. The number of nitrogens with zero attached hydrogens (tertiary/aromatic N) is 2. The summed E-state index contributed by atoms with van der Waals surface area (Å²) in [6.45, 7) is 0. The lowest BCUT2D eigenvalue weighted by Crippen LogP contribution is -1.88. The van der Waals surface area contributed by atoms with E-state index in [0.29, 0.717) is 5.02 Å². The summed E-state index contributed by atoms with van der Waals surface area (Å²) in [4.78, 5) is 12.5. The van der Waals surface area contributed by atoms with Gasteiger partial charge in [0.05, 0.1) is 21.7 Å². The topological polar surface area (TPSA) is 41.6 Å². The molecular weight excluding hydrogens is 465 g/mol. The third-order valence-electron chi connectivity index (χ3n) is 3.93. The van der Waals surface area contributed by atoms with Crippen LogP contribution in [0.2, 0.25) is 5.02 Å². The van der Waals surface area contributed by atoms with E-state index in [-0.39, 0.29) is 0 Å². The predicted molar refractivity (Wildman–Crippen MR) is 110 cm³/mol. The average molecular weight is 478 g/mol. The maximum atomic E-state index is 6.36. The largest absolute Gasteiger partial charge is 0.338 e. The van der Waals surface area contributed by atoms with Crippen molar-refractivity contribution in [2.75, 3.05) is 0 Å². The molecule has 2 heterocycles. The van der Waals surface area contributed by atoms with Gasteiger partial charge in [-0.25, -0.2) is 4.98 Å². The molecule has 1 N–H and O–H groups in total. The molecule has 0 saturated heterocycles. The molecule has 4 rings (SSSR count). The molecular formula is C19H12Br2ClN3. The zero-order valence-electron chi connectivity index (χ0n) is 12.9. The SMILES string of the molecule is Clc1cc(CBr)cnc1-c1ccc(-c2nc3ccc(Br)cc3[nH]2)cc1. The number of aromatic nitrogens is 3. The van der Waals surface area contributed by atoms with Gasteiger partial charge in [-0.1, -0.05) is 67.7 Å². The van der Waals surface area contributed by atoms with Crippen LogP contribution < -0.4 is 0 Å². The number of halogens is 3. The van der Waals surface area contributed by atoms with Crippen molar-refractivity contribution in [3.63, 3.8) is 0 Å². The zero-order chi connectivity index (χ0) is 17.4. The molecule has 0 aliphatic heterocycles. The maximum Gasteiger partial charge on any atom is 0.138 e. The summed E-state index contributed by atoms with van der Waals surface area (Å²) in [5.74, 6) is 0.841. The molecule has 0 aliphatic carbocycles. The average Bonchev–Trinajstić information content (AvgIpc) is 3.05. The van der Waals surface area contributed by atoms with Gasteiger partial charge in [0.15, 0.2) is 0 Å². The van der Waals surface area contributed by atoms with Crippen molar-refractivity contribution in [2.45, 2.75) is 5.33 Å². The number of hydrogen-bond donors (Lipinski definition) is 1. The summed E-state index contributed by atoms with van der Waals surface area (Å²) >= 11 is 13.3. The molecule has 0 radical (unpaired) electrons. The number of fused-ring (bicyclic) bond motifs is 1. The minimum absolute atomic E-state index is 0.651. The summed E-state index contributed by atoms with van der Waals surface area (Å²) < 4.78 is 1.03. The fourth-order valence-corrected chi connectivity index (χ4v) is 3.63. The summed E-state index contributed by atoms with van der Waals surface area (Å²) in [7, 11) is 0. The molecule has 124 valence electrons. The van der Waals surface area contributed by atoms with E-state index < -0.39 is 0 Å². The number of H-pyrrole nitrogens is 1. The van der Waals surface area contributed by atoms with Crippen molar-refractivity contribution in [1.82, 2.24) is 15.0 Å². The Kier molecular flexibility index (Phi) is 4.63. The first kappa shape index (κ1) is 16.8. The number of hydrogen-bond acceptors (Lipinski definition) is 2. The number of pyridine rings is 1. The molecule has 3 nitrogen and oxygen atoms in total. The molecule has 0 saturated carbocycles. The van der Waals surface area contributed by atoms with E-state index in [1.807, 2.05) is 54.7 Å². The first-order valence-electron chi connectivity index (χ1n) is 7.60. The number of alkyl halides is 1. The first-order valence-corrected chi connectivity index (χ1v) is 9.90. The molecule has 2 aromatic heterocycles. The fraction of sp³-hybridized carbons (Fsp3) is 0.0526. The molecule has 0 bridgehead atoms. The number of benzene rings is 2. The monoisotopic (exact) mass is 475 g/mol. The van der Waals surface area contributed by atoms with Gasteiger partial charge in [-0.05, 0) is 29.8 Å². The second-order valence-corrected chi connectivity index (χ2v) is 7.52. The van der Waals surface area contributed by atoms with Gasteiger partial charge < -0.3 is 4.98 Å². The highest BCUT2D eigenvalue weighted by Crippen LogP contribution is 2.29. The lowest BCUT2D eigenvalue weighted by atomic mass is 10.1. The van der Waals surface area contributed by atoms with Gasteiger partial charge in [0.1, 0.15) is 5.82 Å². The number of aromatic amines is 1. The second-order valence-electron chi connectivity index (χ2n) is 5.63. The van der Waals surface area contributed by atoms with E-state index in [0.717, 1.165) is 49.0 Å². The Balaban J connectivity index is 1.69. The van der Waals surface area contributed by atoms with Gasteiger partial charge in [0.25, 0.3) is 0 Å². The van der Waals surface area contributed by atoms with Crippen molar-refractivity contribution in [3.05, 3.63) is 69.8 Å². The van der Waals surface area contributed by atoms with E-state index in [2.05, 4.69) is 46.8 Å². The summed E-state index contributed by atoms with van der Waals surface area (Å²) in [6, 6.07) is 16.0. The third-order valence-corrected chi connectivity index (χ3v) is 5.36. The van der Waals surface area contributed by atoms with Crippen molar-refractivity contribution < 1.29 is 0 Å². The van der Waals surface area contributed by atoms with Crippen LogP contribution in [0, 0.1) is 0 Å². The minimum atomic E-state index is 0.651. The van der Waals surface area contributed by atoms with E-state index in [9.17, 15) is 0 Å². The van der Waals surface area contributed by atoms with Crippen LogP contribution in [0.15, 0.2) is 59.2 Å². The van der Waals surface area contributed by atoms with Crippen LogP contribution in [-0.4, -0.2) is 15.0 Å². The van der Waals surface area contributed by atoms with E-state index in [1.54, 1.807) is 0 Å². The van der Waals surface area contributed by atoms with Gasteiger partial charge in [0.2, 0.25) is 0 Å². The molecule has 6 heteroatoms. The highest BCUT2D eigenvalue weighted by Gasteiger charge is 2.09. The van der Waals surface area contributed by atoms with Gasteiger partial charge in [0, 0.05) is 27.1 Å². The number of rotatable bonds is 3. The normalized spacial score (nSPS) is 11.2. The Hall–Kier alpha value is -1.69. The van der Waals surface area contributed by atoms with Crippen molar-refractivity contribution in [2.24, 2.45) is 0 Å².